The molecule has 0 saturated heterocycles. The summed E-state index contributed by atoms with van der Waals surface area (Å²) in [4.78, 5) is 2.36. The molecule has 2 heteroatoms. The van der Waals surface area contributed by atoms with Gasteiger partial charge in [0.15, 0.2) is 0 Å². The Bertz CT molecular complexity index is 2870. The van der Waals surface area contributed by atoms with Gasteiger partial charge in [0.05, 0.1) is 5.69 Å². The second-order valence-electron chi connectivity index (χ2n) is 12.9. The SMILES string of the molecule is c1ccc(N(c2ccc(-c3cc4ccccc4c4ccccc34)cc2)c2ccccc2-c2ccc3oc4c5ccccc5ccc4c3c2)cc1. The number of nitrogens with zero attached hydrogens (tertiary/aromatic N) is 1. The third-order valence-corrected chi connectivity index (χ3v) is 10.0. The molecular formula is C48H31NO. The van der Waals surface area contributed by atoms with Gasteiger partial charge in [-0.15, -0.1) is 0 Å². The summed E-state index contributed by atoms with van der Waals surface area (Å²) in [5.41, 5.74) is 9.88. The fraction of sp³-hybridized carbons (Fsp3) is 0. The lowest BCUT2D eigenvalue weighted by Gasteiger charge is -2.28. The summed E-state index contributed by atoms with van der Waals surface area (Å²) in [6.45, 7) is 0. The van der Waals surface area contributed by atoms with Crippen molar-refractivity contribution in [2.45, 2.75) is 0 Å². The highest BCUT2D eigenvalue weighted by Gasteiger charge is 2.19. The lowest BCUT2D eigenvalue weighted by molar-refractivity contribution is 0.672. The number of hydrogen-bond donors (Lipinski definition) is 0. The second kappa shape index (κ2) is 11.5. The Hall–Kier alpha value is -6.64. The molecule has 0 N–H and O–H groups in total. The van der Waals surface area contributed by atoms with Crippen LogP contribution >= 0.6 is 0 Å². The molecule has 10 aromatic rings. The first-order valence-corrected chi connectivity index (χ1v) is 17.1. The van der Waals surface area contributed by atoms with E-state index in [1.54, 1.807) is 0 Å². The van der Waals surface area contributed by atoms with Crippen LogP contribution in [0.2, 0.25) is 0 Å². The van der Waals surface area contributed by atoms with Gasteiger partial charge in [-0.3, -0.25) is 0 Å². The minimum Gasteiger partial charge on any atom is -0.455 e. The summed E-state index contributed by atoms with van der Waals surface area (Å²) in [6, 6.07) is 67.5. The van der Waals surface area contributed by atoms with Crippen LogP contribution in [-0.2, 0) is 0 Å². The van der Waals surface area contributed by atoms with E-state index in [9.17, 15) is 0 Å². The van der Waals surface area contributed by atoms with Crippen molar-refractivity contribution in [2.24, 2.45) is 0 Å². The first-order valence-electron chi connectivity index (χ1n) is 17.1. The van der Waals surface area contributed by atoms with Gasteiger partial charge in [0.2, 0.25) is 0 Å². The largest absolute Gasteiger partial charge is 0.455 e. The van der Waals surface area contributed by atoms with Gasteiger partial charge >= 0.3 is 0 Å². The number of hydrogen-bond acceptors (Lipinski definition) is 2. The van der Waals surface area contributed by atoms with E-state index < -0.39 is 0 Å². The van der Waals surface area contributed by atoms with Gasteiger partial charge in [0, 0.05) is 33.1 Å². The fourth-order valence-corrected chi connectivity index (χ4v) is 7.67. The van der Waals surface area contributed by atoms with Crippen LogP contribution in [0.4, 0.5) is 17.1 Å². The van der Waals surface area contributed by atoms with Crippen LogP contribution in [0.1, 0.15) is 0 Å². The van der Waals surface area contributed by atoms with Crippen molar-refractivity contribution in [1.82, 2.24) is 0 Å². The molecule has 10 rings (SSSR count). The van der Waals surface area contributed by atoms with Crippen molar-refractivity contribution in [1.29, 1.82) is 0 Å². The maximum absolute atomic E-state index is 6.46. The molecular weight excluding hydrogens is 607 g/mol. The Morgan fingerprint density at radius 2 is 0.980 bits per heavy atom. The van der Waals surface area contributed by atoms with Gasteiger partial charge in [-0.25, -0.2) is 0 Å². The predicted octanol–water partition coefficient (Wildman–Crippen LogP) is 13.8. The van der Waals surface area contributed by atoms with Crippen LogP contribution in [0.5, 0.6) is 0 Å². The molecule has 9 aromatic carbocycles. The highest BCUT2D eigenvalue weighted by molar-refractivity contribution is 6.16. The molecule has 1 heterocycles. The topological polar surface area (TPSA) is 16.4 Å². The number of benzene rings is 9. The Labute approximate surface area is 290 Å². The van der Waals surface area contributed by atoms with Crippen molar-refractivity contribution in [3.05, 3.63) is 188 Å². The first kappa shape index (κ1) is 28.4. The molecule has 0 atom stereocenters. The van der Waals surface area contributed by atoms with Crippen LogP contribution < -0.4 is 4.90 Å². The molecule has 0 fully saturated rings. The maximum atomic E-state index is 6.46. The van der Waals surface area contributed by atoms with Crippen LogP contribution in [-0.4, -0.2) is 0 Å². The molecule has 0 bridgehead atoms. The molecule has 1 aromatic heterocycles. The van der Waals surface area contributed by atoms with Gasteiger partial charge in [-0.05, 0) is 98.2 Å². The van der Waals surface area contributed by atoms with E-state index in [4.69, 9.17) is 4.42 Å². The minimum atomic E-state index is 0.898. The molecule has 0 radical (unpaired) electrons. The summed E-state index contributed by atoms with van der Waals surface area (Å²) >= 11 is 0. The highest BCUT2D eigenvalue weighted by Crippen LogP contribution is 2.44. The standard InChI is InChI=1S/C48H31NO/c1-2-14-36(15-3-1)49(37-26-22-33(23-27-37)44-30-34-13-5-6-16-38(34)41-19-8-9-20-42(41)44)46-21-11-10-17-39(46)35-25-29-47-45(31-35)43-28-24-32-12-4-7-18-40(32)48(43)50-47/h1-31H. The average Bonchev–Trinajstić information content (AvgIpc) is 3.57. The van der Waals surface area contributed by atoms with E-state index in [1.807, 2.05) is 0 Å². The van der Waals surface area contributed by atoms with Crippen molar-refractivity contribution in [3.63, 3.8) is 0 Å². The molecule has 0 unspecified atom stereocenters. The fourth-order valence-electron chi connectivity index (χ4n) is 7.67. The van der Waals surface area contributed by atoms with Gasteiger partial charge in [-0.1, -0.05) is 133 Å². The van der Waals surface area contributed by atoms with Crippen molar-refractivity contribution < 1.29 is 4.42 Å². The Morgan fingerprint density at radius 1 is 0.340 bits per heavy atom. The highest BCUT2D eigenvalue weighted by atomic mass is 16.3. The molecule has 234 valence electrons. The van der Waals surface area contributed by atoms with Gasteiger partial charge < -0.3 is 9.32 Å². The zero-order chi connectivity index (χ0) is 33.0. The predicted molar refractivity (Wildman–Crippen MR) is 212 cm³/mol. The van der Waals surface area contributed by atoms with E-state index in [0.29, 0.717) is 0 Å². The van der Waals surface area contributed by atoms with E-state index in [2.05, 4.69) is 193 Å². The number of para-hydroxylation sites is 2. The van der Waals surface area contributed by atoms with Crippen LogP contribution in [0.3, 0.4) is 0 Å². The first-order chi connectivity index (χ1) is 24.8. The molecule has 2 nitrogen and oxygen atoms in total. The quantitative estimate of drug-likeness (QED) is 0.175. The van der Waals surface area contributed by atoms with Gasteiger partial charge in [-0.2, -0.15) is 0 Å². The monoisotopic (exact) mass is 637 g/mol. The average molecular weight is 638 g/mol. The number of furan rings is 1. The van der Waals surface area contributed by atoms with Crippen molar-refractivity contribution in [2.75, 3.05) is 4.90 Å². The summed E-state index contributed by atoms with van der Waals surface area (Å²) in [6.07, 6.45) is 0. The van der Waals surface area contributed by atoms with Crippen LogP contribution in [0, 0.1) is 0 Å². The molecule has 0 spiro atoms. The molecule has 50 heavy (non-hydrogen) atoms. The molecule has 0 amide bonds. The number of fused-ring (bicyclic) bond motifs is 8. The lowest BCUT2D eigenvalue weighted by atomic mass is 9.93. The molecule has 0 aliphatic heterocycles. The van der Waals surface area contributed by atoms with Crippen LogP contribution in [0.25, 0.3) is 76.5 Å². The summed E-state index contributed by atoms with van der Waals surface area (Å²) in [7, 11) is 0. The third kappa shape index (κ3) is 4.57. The van der Waals surface area contributed by atoms with Gasteiger partial charge in [0.1, 0.15) is 11.2 Å². The molecule has 0 aliphatic carbocycles. The van der Waals surface area contributed by atoms with Crippen molar-refractivity contribution >= 4 is 71.3 Å². The molecule has 0 saturated carbocycles. The minimum absolute atomic E-state index is 0.898. The summed E-state index contributed by atoms with van der Waals surface area (Å²) < 4.78 is 6.46. The lowest BCUT2D eigenvalue weighted by Crippen LogP contribution is -2.11. The maximum Gasteiger partial charge on any atom is 0.143 e. The summed E-state index contributed by atoms with van der Waals surface area (Å²) in [5.74, 6) is 0. The van der Waals surface area contributed by atoms with E-state index in [1.165, 1.54) is 38.1 Å². The summed E-state index contributed by atoms with van der Waals surface area (Å²) in [5, 5.41) is 9.65. The second-order valence-corrected chi connectivity index (χ2v) is 12.9. The third-order valence-electron chi connectivity index (χ3n) is 10.0. The Morgan fingerprint density at radius 3 is 1.82 bits per heavy atom. The Balaban J connectivity index is 1.11. The zero-order valence-electron chi connectivity index (χ0n) is 27.3. The Kier molecular flexibility index (Phi) is 6.53. The van der Waals surface area contributed by atoms with Crippen molar-refractivity contribution in [3.8, 4) is 22.3 Å². The number of anilines is 3. The zero-order valence-corrected chi connectivity index (χ0v) is 27.3. The molecule has 0 aliphatic rings. The number of rotatable bonds is 5. The smallest absolute Gasteiger partial charge is 0.143 e. The van der Waals surface area contributed by atoms with Gasteiger partial charge in [0.25, 0.3) is 0 Å². The normalized spacial score (nSPS) is 11.6. The van der Waals surface area contributed by atoms with E-state index >= 15 is 0 Å². The van der Waals surface area contributed by atoms with E-state index in [0.717, 1.165) is 55.5 Å². The van der Waals surface area contributed by atoms with Crippen LogP contribution in [0.15, 0.2) is 192 Å². The van der Waals surface area contributed by atoms with E-state index in [-0.39, 0.29) is 0 Å².